The highest BCUT2D eigenvalue weighted by Gasteiger charge is 2.18. The molecule has 1 N–H and O–H groups in total. The van der Waals surface area contributed by atoms with Gasteiger partial charge in [-0.05, 0) is 37.3 Å². The molecule has 0 aliphatic carbocycles. The molecule has 0 amide bonds. The predicted octanol–water partition coefficient (Wildman–Crippen LogP) is 3.31. The normalized spacial score (nSPS) is 11.4. The summed E-state index contributed by atoms with van der Waals surface area (Å²) in [6, 6.07) is 11.2. The Kier molecular flexibility index (Phi) is 4.25. The Hall–Kier alpha value is -2.45. The van der Waals surface area contributed by atoms with Crippen molar-refractivity contribution >= 4 is 42.5 Å². The molecule has 0 saturated carbocycles. The minimum Gasteiger partial charge on any atom is -0.497 e. The molecular formula is C16H14N2O4S2. The van der Waals surface area contributed by atoms with E-state index in [1.807, 2.05) is 0 Å². The molecule has 0 atom stereocenters. The number of fused-ring (bicyclic) bond motifs is 1. The molecule has 1 heterocycles. The first kappa shape index (κ1) is 16.4. The lowest BCUT2D eigenvalue weighted by molar-refractivity contribution is 0.101. The first-order chi connectivity index (χ1) is 11.4. The number of aromatic nitrogens is 1. The maximum Gasteiger partial charge on any atom is 0.263 e. The number of benzene rings is 2. The van der Waals surface area contributed by atoms with E-state index in [-0.39, 0.29) is 15.8 Å². The number of hydrogen-bond donors (Lipinski definition) is 1. The van der Waals surface area contributed by atoms with E-state index in [2.05, 4.69) is 9.71 Å². The highest BCUT2D eigenvalue weighted by atomic mass is 32.2. The molecule has 0 fully saturated rings. The number of methoxy groups -OCH3 is 1. The highest BCUT2D eigenvalue weighted by molar-refractivity contribution is 7.93. The number of ketones is 1. The molecule has 0 bridgehead atoms. The molecule has 2 aromatic carbocycles. The summed E-state index contributed by atoms with van der Waals surface area (Å²) >= 11 is 1.21. The van der Waals surface area contributed by atoms with Crippen LogP contribution in [0.15, 0.2) is 47.4 Å². The number of anilines is 1. The molecule has 6 nitrogen and oxygen atoms in total. The van der Waals surface area contributed by atoms with Gasteiger partial charge in [0.15, 0.2) is 10.9 Å². The molecule has 124 valence electrons. The van der Waals surface area contributed by atoms with E-state index in [1.54, 1.807) is 31.4 Å². The van der Waals surface area contributed by atoms with Crippen molar-refractivity contribution in [2.24, 2.45) is 0 Å². The number of rotatable bonds is 5. The molecule has 8 heteroatoms. The number of carbonyl (C=O) groups excluding carboxylic acids is 1. The Labute approximate surface area is 143 Å². The first-order valence-electron chi connectivity index (χ1n) is 6.97. The van der Waals surface area contributed by atoms with Crippen LogP contribution >= 0.6 is 11.3 Å². The summed E-state index contributed by atoms with van der Waals surface area (Å²) in [6.07, 6.45) is 0. The molecule has 24 heavy (non-hydrogen) atoms. The van der Waals surface area contributed by atoms with Gasteiger partial charge in [-0.3, -0.25) is 9.52 Å². The first-order valence-corrected chi connectivity index (χ1v) is 9.27. The largest absolute Gasteiger partial charge is 0.497 e. The van der Waals surface area contributed by atoms with Crippen LogP contribution in [0.5, 0.6) is 5.75 Å². The number of hydrogen-bond acceptors (Lipinski definition) is 6. The van der Waals surface area contributed by atoms with Crippen molar-refractivity contribution in [1.82, 2.24) is 4.98 Å². The van der Waals surface area contributed by atoms with E-state index >= 15 is 0 Å². The second-order valence-corrected chi connectivity index (χ2v) is 7.76. The van der Waals surface area contributed by atoms with Gasteiger partial charge >= 0.3 is 0 Å². The molecule has 3 rings (SSSR count). The highest BCUT2D eigenvalue weighted by Crippen LogP contribution is 2.30. The van der Waals surface area contributed by atoms with Crippen molar-refractivity contribution in [2.45, 2.75) is 11.8 Å². The molecular weight excluding hydrogens is 348 g/mol. The zero-order valence-electron chi connectivity index (χ0n) is 12.9. The zero-order chi connectivity index (χ0) is 17.3. The van der Waals surface area contributed by atoms with Crippen molar-refractivity contribution < 1.29 is 17.9 Å². The number of nitrogens with zero attached hydrogens (tertiary/aromatic N) is 1. The second-order valence-electron chi connectivity index (χ2n) is 5.04. The lowest BCUT2D eigenvalue weighted by Crippen LogP contribution is -2.13. The summed E-state index contributed by atoms with van der Waals surface area (Å²) in [7, 11) is -2.25. The molecule has 0 saturated heterocycles. The quantitative estimate of drug-likeness (QED) is 0.704. The van der Waals surface area contributed by atoms with Gasteiger partial charge < -0.3 is 4.74 Å². The Balaban J connectivity index is 1.94. The molecule has 0 aliphatic rings. The number of sulfonamides is 1. The lowest BCUT2D eigenvalue weighted by atomic mass is 10.2. The fourth-order valence-electron chi connectivity index (χ4n) is 2.13. The van der Waals surface area contributed by atoms with Crippen LogP contribution in [-0.4, -0.2) is 26.3 Å². The summed E-state index contributed by atoms with van der Waals surface area (Å²) in [4.78, 5) is 15.7. The van der Waals surface area contributed by atoms with Crippen LogP contribution in [0.25, 0.3) is 10.2 Å². The summed E-state index contributed by atoms with van der Waals surface area (Å²) in [6.45, 7) is 1.39. The third kappa shape index (κ3) is 3.24. The van der Waals surface area contributed by atoms with Gasteiger partial charge in [-0.25, -0.2) is 13.4 Å². The van der Waals surface area contributed by atoms with Crippen LogP contribution < -0.4 is 9.46 Å². The third-order valence-electron chi connectivity index (χ3n) is 3.37. The van der Waals surface area contributed by atoms with E-state index in [0.29, 0.717) is 16.8 Å². The molecule has 0 radical (unpaired) electrons. The van der Waals surface area contributed by atoms with Crippen LogP contribution in [0, 0.1) is 0 Å². The average molecular weight is 362 g/mol. The maximum atomic E-state index is 12.5. The van der Waals surface area contributed by atoms with Gasteiger partial charge in [-0.15, -0.1) is 0 Å². The Morgan fingerprint density at radius 3 is 2.71 bits per heavy atom. The lowest BCUT2D eigenvalue weighted by Gasteiger charge is -2.06. The van der Waals surface area contributed by atoms with Crippen molar-refractivity contribution in [1.29, 1.82) is 0 Å². The van der Waals surface area contributed by atoms with Gasteiger partial charge in [0.1, 0.15) is 5.75 Å². The fourth-order valence-corrected chi connectivity index (χ4v) is 4.31. The average Bonchev–Trinajstić information content (AvgIpc) is 2.95. The van der Waals surface area contributed by atoms with Crippen molar-refractivity contribution in [3.8, 4) is 5.75 Å². The third-order valence-corrected chi connectivity index (χ3v) is 5.77. The predicted molar refractivity (Wildman–Crippen MR) is 93.4 cm³/mol. The summed E-state index contributed by atoms with van der Waals surface area (Å²) < 4.78 is 33.4. The Morgan fingerprint density at radius 2 is 2.00 bits per heavy atom. The number of nitrogens with one attached hydrogen (secondary N) is 1. The minimum absolute atomic E-state index is 0.0204. The SMILES string of the molecule is COc1ccc2nc(NS(=O)(=O)c3cccc(C(C)=O)c3)sc2c1. The fraction of sp³-hybridized carbons (Fsp3) is 0.125. The topological polar surface area (TPSA) is 85.4 Å². The van der Waals surface area contributed by atoms with Crippen molar-refractivity contribution in [3.05, 3.63) is 48.0 Å². The van der Waals surface area contributed by atoms with Crippen LogP contribution in [0.3, 0.4) is 0 Å². The van der Waals surface area contributed by atoms with Gasteiger partial charge in [0.05, 0.1) is 22.2 Å². The van der Waals surface area contributed by atoms with Crippen LogP contribution in [-0.2, 0) is 10.0 Å². The van der Waals surface area contributed by atoms with Crippen LogP contribution in [0.1, 0.15) is 17.3 Å². The van der Waals surface area contributed by atoms with Gasteiger partial charge in [0, 0.05) is 5.56 Å². The van der Waals surface area contributed by atoms with Gasteiger partial charge in [0.2, 0.25) is 0 Å². The van der Waals surface area contributed by atoms with E-state index in [4.69, 9.17) is 4.74 Å². The molecule has 0 unspecified atom stereocenters. The van der Waals surface area contributed by atoms with Crippen LogP contribution in [0.2, 0.25) is 0 Å². The monoisotopic (exact) mass is 362 g/mol. The number of carbonyl (C=O) groups is 1. The van der Waals surface area contributed by atoms with E-state index < -0.39 is 10.0 Å². The molecule has 3 aromatic rings. The number of Topliss-reactive ketones (excluding diaryl/α,β-unsaturated/α-hetero) is 1. The van der Waals surface area contributed by atoms with Gasteiger partial charge in [-0.2, -0.15) is 0 Å². The minimum atomic E-state index is -3.82. The van der Waals surface area contributed by atoms with Crippen LogP contribution in [0.4, 0.5) is 5.13 Å². The van der Waals surface area contributed by atoms with E-state index in [0.717, 1.165) is 4.70 Å². The number of thiazole rings is 1. The van der Waals surface area contributed by atoms with Gasteiger partial charge in [0.25, 0.3) is 10.0 Å². The Bertz CT molecular complexity index is 1030. The summed E-state index contributed by atoms with van der Waals surface area (Å²) in [5.41, 5.74) is 1.02. The Morgan fingerprint density at radius 1 is 1.21 bits per heavy atom. The van der Waals surface area contributed by atoms with E-state index in [9.17, 15) is 13.2 Å². The zero-order valence-corrected chi connectivity index (χ0v) is 14.6. The molecule has 0 aliphatic heterocycles. The van der Waals surface area contributed by atoms with Crippen molar-refractivity contribution in [2.75, 3.05) is 11.8 Å². The van der Waals surface area contributed by atoms with Gasteiger partial charge in [-0.1, -0.05) is 23.5 Å². The smallest absolute Gasteiger partial charge is 0.263 e. The summed E-state index contributed by atoms with van der Waals surface area (Å²) in [5, 5.41) is 0.256. The molecule has 1 aromatic heterocycles. The number of ether oxygens (including phenoxy) is 1. The van der Waals surface area contributed by atoms with Crippen molar-refractivity contribution in [3.63, 3.8) is 0 Å². The molecule has 0 spiro atoms. The maximum absolute atomic E-state index is 12.5. The summed E-state index contributed by atoms with van der Waals surface area (Å²) in [5.74, 6) is 0.480. The second kappa shape index (κ2) is 6.21. The van der Waals surface area contributed by atoms with E-state index in [1.165, 1.54) is 36.5 Å². The standard InChI is InChI=1S/C16H14N2O4S2/c1-10(19)11-4-3-5-13(8-11)24(20,21)18-16-17-14-7-6-12(22-2)9-15(14)23-16/h3-9H,1-2H3,(H,17,18).